The van der Waals surface area contributed by atoms with Crippen LogP contribution < -0.4 is 10.1 Å². The van der Waals surface area contributed by atoms with E-state index in [0.29, 0.717) is 29.3 Å². The molecule has 1 saturated carbocycles. The molecule has 0 heterocycles. The predicted octanol–water partition coefficient (Wildman–Crippen LogP) is 2.31. The van der Waals surface area contributed by atoms with E-state index in [2.05, 4.69) is 5.32 Å². The number of carbonyl (C=O) groups is 1. The standard InChI is InChI=1S/C13H14N2O2/c1-17-12-6-10(8-14)4-5-11(12)15-13(16)7-9-2-3-9/h4-6,9H,2-3,7H2,1H3,(H,15,16). The summed E-state index contributed by atoms with van der Waals surface area (Å²) in [5.74, 6) is 1.09. The van der Waals surface area contributed by atoms with Crippen molar-refractivity contribution in [2.24, 2.45) is 5.92 Å². The molecule has 0 aromatic heterocycles. The van der Waals surface area contributed by atoms with E-state index in [1.54, 1.807) is 18.2 Å². The molecule has 0 spiro atoms. The Morgan fingerprint density at radius 2 is 2.35 bits per heavy atom. The van der Waals surface area contributed by atoms with Gasteiger partial charge in [0, 0.05) is 12.5 Å². The van der Waals surface area contributed by atoms with Gasteiger partial charge in [-0.1, -0.05) is 0 Å². The number of methoxy groups -OCH3 is 1. The molecular formula is C13H14N2O2. The van der Waals surface area contributed by atoms with Gasteiger partial charge in [-0.25, -0.2) is 0 Å². The van der Waals surface area contributed by atoms with Gasteiger partial charge >= 0.3 is 0 Å². The van der Waals surface area contributed by atoms with Crippen LogP contribution >= 0.6 is 0 Å². The number of ether oxygens (including phenoxy) is 1. The zero-order valence-corrected chi connectivity index (χ0v) is 9.69. The molecule has 0 aliphatic heterocycles. The minimum absolute atomic E-state index is 0.00973. The van der Waals surface area contributed by atoms with E-state index >= 15 is 0 Å². The minimum atomic E-state index is 0.00973. The smallest absolute Gasteiger partial charge is 0.224 e. The second-order valence-electron chi connectivity index (χ2n) is 4.22. The van der Waals surface area contributed by atoms with E-state index in [1.165, 1.54) is 7.11 Å². The Balaban J connectivity index is 2.08. The summed E-state index contributed by atoms with van der Waals surface area (Å²) in [6.45, 7) is 0. The first kappa shape index (κ1) is 11.5. The van der Waals surface area contributed by atoms with Crippen LogP contribution in [0.15, 0.2) is 18.2 Å². The Labute approximate surface area is 100 Å². The third-order valence-corrected chi connectivity index (χ3v) is 2.78. The maximum atomic E-state index is 11.7. The van der Waals surface area contributed by atoms with Crippen molar-refractivity contribution in [3.05, 3.63) is 23.8 Å². The summed E-state index contributed by atoms with van der Waals surface area (Å²) in [7, 11) is 1.52. The summed E-state index contributed by atoms with van der Waals surface area (Å²) < 4.78 is 5.14. The van der Waals surface area contributed by atoms with Gasteiger partial charge in [0.1, 0.15) is 5.75 Å². The van der Waals surface area contributed by atoms with E-state index < -0.39 is 0 Å². The number of nitrogens with zero attached hydrogens (tertiary/aromatic N) is 1. The molecule has 2 rings (SSSR count). The number of carbonyl (C=O) groups excluding carboxylic acids is 1. The van der Waals surface area contributed by atoms with Crippen LogP contribution in [0.5, 0.6) is 5.75 Å². The lowest BCUT2D eigenvalue weighted by molar-refractivity contribution is -0.116. The minimum Gasteiger partial charge on any atom is -0.495 e. The van der Waals surface area contributed by atoms with E-state index in [9.17, 15) is 4.79 Å². The maximum Gasteiger partial charge on any atom is 0.224 e. The number of amides is 1. The molecule has 4 heteroatoms. The molecule has 4 nitrogen and oxygen atoms in total. The fraction of sp³-hybridized carbons (Fsp3) is 0.385. The highest BCUT2D eigenvalue weighted by Gasteiger charge is 2.24. The normalized spacial score (nSPS) is 13.9. The van der Waals surface area contributed by atoms with Crippen LogP contribution in [0.4, 0.5) is 5.69 Å². The number of hydrogen-bond donors (Lipinski definition) is 1. The SMILES string of the molecule is COc1cc(C#N)ccc1NC(=O)CC1CC1. The lowest BCUT2D eigenvalue weighted by Crippen LogP contribution is -2.12. The van der Waals surface area contributed by atoms with E-state index in [1.807, 2.05) is 6.07 Å². The molecule has 0 atom stereocenters. The number of anilines is 1. The highest BCUT2D eigenvalue weighted by atomic mass is 16.5. The molecule has 1 amide bonds. The number of nitriles is 1. The number of rotatable bonds is 4. The summed E-state index contributed by atoms with van der Waals surface area (Å²) in [6, 6.07) is 7.01. The molecular weight excluding hydrogens is 216 g/mol. The largest absolute Gasteiger partial charge is 0.495 e. The van der Waals surface area contributed by atoms with Gasteiger partial charge in [0.05, 0.1) is 24.4 Å². The Bertz CT molecular complexity index is 473. The summed E-state index contributed by atoms with van der Waals surface area (Å²) in [6.07, 6.45) is 2.87. The van der Waals surface area contributed by atoms with Crippen LogP contribution in [0, 0.1) is 17.2 Å². The van der Waals surface area contributed by atoms with Gasteiger partial charge in [0.25, 0.3) is 0 Å². The van der Waals surface area contributed by atoms with Crippen LogP contribution in [0.2, 0.25) is 0 Å². The van der Waals surface area contributed by atoms with Gasteiger partial charge in [-0.3, -0.25) is 4.79 Å². The zero-order valence-electron chi connectivity index (χ0n) is 9.69. The fourth-order valence-electron chi connectivity index (χ4n) is 1.65. The van der Waals surface area contributed by atoms with Crippen LogP contribution in [0.25, 0.3) is 0 Å². The van der Waals surface area contributed by atoms with Crippen LogP contribution in [-0.2, 0) is 4.79 Å². The Hall–Kier alpha value is -2.02. The number of benzene rings is 1. The van der Waals surface area contributed by atoms with Gasteiger partial charge in [-0.15, -0.1) is 0 Å². The molecule has 1 aromatic carbocycles. The topological polar surface area (TPSA) is 62.1 Å². The van der Waals surface area contributed by atoms with Crippen molar-refractivity contribution in [1.82, 2.24) is 0 Å². The molecule has 88 valence electrons. The molecule has 17 heavy (non-hydrogen) atoms. The highest BCUT2D eigenvalue weighted by molar-refractivity contribution is 5.92. The summed E-state index contributed by atoms with van der Waals surface area (Å²) >= 11 is 0. The molecule has 0 saturated heterocycles. The average molecular weight is 230 g/mol. The van der Waals surface area contributed by atoms with Crippen molar-refractivity contribution >= 4 is 11.6 Å². The Morgan fingerprint density at radius 3 is 2.94 bits per heavy atom. The van der Waals surface area contributed by atoms with Crippen LogP contribution in [0.3, 0.4) is 0 Å². The predicted molar refractivity (Wildman–Crippen MR) is 63.7 cm³/mol. The van der Waals surface area contributed by atoms with Gasteiger partial charge in [0.15, 0.2) is 0 Å². The molecule has 1 N–H and O–H groups in total. The number of nitrogens with one attached hydrogen (secondary N) is 1. The third-order valence-electron chi connectivity index (χ3n) is 2.78. The molecule has 0 unspecified atom stereocenters. The molecule has 0 radical (unpaired) electrons. The van der Waals surface area contributed by atoms with Crippen LogP contribution in [0.1, 0.15) is 24.8 Å². The summed E-state index contributed by atoms with van der Waals surface area (Å²) in [5, 5.41) is 11.6. The van der Waals surface area contributed by atoms with Crippen molar-refractivity contribution < 1.29 is 9.53 Å². The fourth-order valence-corrected chi connectivity index (χ4v) is 1.65. The first-order valence-corrected chi connectivity index (χ1v) is 5.61. The van der Waals surface area contributed by atoms with Gasteiger partial charge in [0.2, 0.25) is 5.91 Å². The number of hydrogen-bond acceptors (Lipinski definition) is 3. The average Bonchev–Trinajstić information content (AvgIpc) is 3.13. The van der Waals surface area contributed by atoms with Gasteiger partial charge < -0.3 is 10.1 Å². The second-order valence-corrected chi connectivity index (χ2v) is 4.22. The third kappa shape index (κ3) is 2.97. The molecule has 1 fully saturated rings. The first-order chi connectivity index (χ1) is 8.22. The van der Waals surface area contributed by atoms with Crippen molar-refractivity contribution in [2.75, 3.05) is 12.4 Å². The summed E-state index contributed by atoms with van der Waals surface area (Å²) in [5.41, 5.74) is 1.14. The van der Waals surface area contributed by atoms with Gasteiger partial charge in [-0.2, -0.15) is 5.26 Å². The molecule has 1 aliphatic carbocycles. The monoisotopic (exact) mass is 230 g/mol. The van der Waals surface area contributed by atoms with E-state index in [0.717, 1.165) is 12.8 Å². The Kier molecular flexibility index (Phi) is 3.29. The zero-order chi connectivity index (χ0) is 12.3. The van der Waals surface area contributed by atoms with E-state index in [-0.39, 0.29) is 5.91 Å². The lowest BCUT2D eigenvalue weighted by Gasteiger charge is -2.10. The molecule has 1 aliphatic rings. The molecule has 1 aromatic rings. The Morgan fingerprint density at radius 1 is 1.59 bits per heavy atom. The lowest BCUT2D eigenvalue weighted by atomic mass is 10.2. The van der Waals surface area contributed by atoms with Crippen molar-refractivity contribution in [1.29, 1.82) is 5.26 Å². The highest BCUT2D eigenvalue weighted by Crippen LogP contribution is 2.33. The molecule has 0 bridgehead atoms. The maximum absolute atomic E-state index is 11.7. The van der Waals surface area contributed by atoms with E-state index in [4.69, 9.17) is 10.00 Å². The van der Waals surface area contributed by atoms with Crippen molar-refractivity contribution in [3.63, 3.8) is 0 Å². The summed E-state index contributed by atoms with van der Waals surface area (Å²) in [4.78, 5) is 11.7. The quantitative estimate of drug-likeness (QED) is 0.863. The van der Waals surface area contributed by atoms with Gasteiger partial charge in [-0.05, 0) is 30.9 Å². The van der Waals surface area contributed by atoms with Crippen molar-refractivity contribution in [3.8, 4) is 11.8 Å². The van der Waals surface area contributed by atoms with Crippen LogP contribution in [-0.4, -0.2) is 13.0 Å². The first-order valence-electron chi connectivity index (χ1n) is 5.61. The van der Waals surface area contributed by atoms with Crippen molar-refractivity contribution in [2.45, 2.75) is 19.3 Å². The second kappa shape index (κ2) is 4.88.